The molecule has 1 aromatic carbocycles. The predicted molar refractivity (Wildman–Crippen MR) is 102 cm³/mol. The standard InChI is InChI=1S/C20H27FN4O2/c1-23-10-12-25(13-11-23)18(17-7-5-9-24(17)2)14-22-20(26)15-27-19-8-4-3-6-16(19)21/h3-9,18H,10-15H2,1-2H3,(H,22,26). The van der Waals surface area contributed by atoms with Crippen LogP contribution in [-0.2, 0) is 11.8 Å². The van der Waals surface area contributed by atoms with Crippen LogP contribution in [0.25, 0.3) is 0 Å². The van der Waals surface area contributed by atoms with Crippen molar-refractivity contribution in [3.8, 4) is 5.75 Å². The smallest absolute Gasteiger partial charge is 0.258 e. The van der Waals surface area contributed by atoms with E-state index >= 15 is 0 Å². The van der Waals surface area contributed by atoms with Gasteiger partial charge in [-0.15, -0.1) is 0 Å². The summed E-state index contributed by atoms with van der Waals surface area (Å²) in [6, 6.07) is 10.3. The normalized spacial score (nSPS) is 16.9. The minimum atomic E-state index is -0.468. The van der Waals surface area contributed by atoms with E-state index in [2.05, 4.69) is 32.8 Å². The summed E-state index contributed by atoms with van der Waals surface area (Å²) in [5.41, 5.74) is 1.16. The molecule has 3 rings (SSSR count). The van der Waals surface area contributed by atoms with E-state index in [9.17, 15) is 9.18 Å². The Morgan fingerprint density at radius 2 is 1.89 bits per heavy atom. The van der Waals surface area contributed by atoms with Gasteiger partial charge in [0.25, 0.3) is 5.91 Å². The molecule has 6 nitrogen and oxygen atoms in total. The molecular weight excluding hydrogens is 347 g/mol. The van der Waals surface area contributed by atoms with Gasteiger partial charge < -0.3 is 19.5 Å². The highest BCUT2D eigenvalue weighted by Gasteiger charge is 2.26. The van der Waals surface area contributed by atoms with Crippen molar-refractivity contribution in [2.45, 2.75) is 6.04 Å². The number of nitrogens with one attached hydrogen (secondary N) is 1. The SMILES string of the molecule is CN1CCN(C(CNC(=O)COc2ccccc2F)c2cccn2C)CC1. The van der Waals surface area contributed by atoms with Gasteiger partial charge in [0.1, 0.15) is 0 Å². The number of piperazine rings is 1. The molecule has 0 aliphatic carbocycles. The largest absolute Gasteiger partial charge is 0.481 e. The molecule has 0 spiro atoms. The lowest BCUT2D eigenvalue weighted by Crippen LogP contribution is -2.49. The van der Waals surface area contributed by atoms with Gasteiger partial charge in [-0.05, 0) is 31.3 Å². The minimum Gasteiger partial charge on any atom is -0.481 e. The fraction of sp³-hybridized carbons (Fsp3) is 0.450. The highest BCUT2D eigenvalue weighted by molar-refractivity contribution is 5.77. The average Bonchev–Trinajstić information content (AvgIpc) is 3.08. The number of nitrogens with zero attached hydrogens (tertiary/aromatic N) is 3. The molecule has 7 heteroatoms. The summed E-state index contributed by atoms with van der Waals surface area (Å²) < 4.78 is 21.0. The zero-order chi connectivity index (χ0) is 19.2. The van der Waals surface area contributed by atoms with E-state index in [1.54, 1.807) is 12.1 Å². The number of ether oxygens (including phenoxy) is 1. The second-order valence-electron chi connectivity index (χ2n) is 6.92. The van der Waals surface area contributed by atoms with Crippen molar-refractivity contribution in [3.05, 3.63) is 54.1 Å². The van der Waals surface area contributed by atoms with Gasteiger partial charge in [-0.1, -0.05) is 12.1 Å². The first-order valence-corrected chi connectivity index (χ1v) is 9.22. The van der Waals surface area contributed by atoms with Crippen LogP contribution in [-0.4, -0.2) is 66.7 Å². The quantitative estimate of drug-likeness (QED) is 0.801. The van der Waals surface area contributed by atoms with E-state index in [1.807, 2.05) is 19.3 Å². The molecule has 1 amide bonds. The average molecular weight is 374 g/mol. The molecule has 1 aliphatic rings. The van der Waals surface area contributed by atoms with Crippen LogP contribution in [0.15, 0.2) is 42.6 Å². The highest BCUT2D eigenvalue weighted by atomic mass is 19.1. The molecule has 1 aliphatic heterocycles. The number of para-hydroxylation sites is 1. The van der Waals surface area contributed by atoms with Crippen LogP contribution in [0.1, 0.15) is 11.7 Å². The Bertz CT molecular complexity index is 756. The first-order valence-electron chi connectivity index (χ1n) is 9.22. The summed E-state index contributed by atoms with van der Waals surface area (Å²) in [5, 5.41) is 2.94. The zero-order valence-electron chi connectivity index (χ0n) is 15.9. The third-order valence-corrected chi connectivity index (χ3v) is 4.99. The minimum absolute atomic E-state index is 0.0886. The number of aromatic nitrogens is 1. The van der Waals surface area contributed by atoms with Gasteiger partial charge in [-0.3, -0.25) is 9.69 Å². The number of hydrogen-bond donors (Lipinski definition) is 1. The van der Waals surface area contributed by atoms with Gasteiger partial charge in [-0.25, -0.2) is 4.39 Å². The van der Waals surface area contributed by atoms with Crippen molar-refractivity contribution in [2.75, 3.05) is 46.4 Å². The Hall–Kier alpha value is -2.38. The van der Waals surface area contributed by atoms with Crippen LogP contribution in [0.2, 0.25) is 0 Å². The van der Waals surface area contributed by atoms with Gasteiger partial charge in [0.2, 0.25) is 0 Å². The van der Waals surface area contributed by atoms with Crippen LogP contribution >= 0.6 is 0 Å². The van der Waals surface area contributed by atoms with Crippen LogP contribution < -0.4 is 10.1 Å². The maximum Gasteiger partial charge on any atom is 0.258 e. The number of benzene rings is 1. The Morgan fingerprint density at radius 1 is 1.15 bits per heavy atom. The number of carbonyl (C=O) groups is 1. The number of halogens is 1. The van der Waals surface area contributed by atoms with Crippen molar-refractivity contribution in [3.63, 3.8) is 0 Å². The summed E-state index contributed by atoms with van der Waals surface area (Å²) in [4.78, 5) is 16.9. The summed E-state index contributed by atoms with van der Waals surface area (Å²) in [5.74, 6) is -0.637. The molecule has 2 aromatic rings. The number of rotatable bonds is 7. The van der Waals surface area contributed by atoms with Crippen LogP contribution in [0, 0.1) is 5.82 Å². The van der Waals surface area contributed by atoms with Gasteiger partial charge >= 0.3 is 0 Å². The number of likely N-dealkylation sites (N-methyl/N-ethyl adjacent to an activating group) is 1. The summed E-state index contributed by atoms with van der Waals surface area (Å²) in [7, 11) is 4.14. The fourth-order valence-electron chi connectivity index (χ4n) is 3.34. The fourth-order valence-corrected chi connectivity index (χ4v) is 3.34. The Morgan fingerprint density at radius 3 is 2.56 bits per heavy atom. The van der Waals surface area contributed by atoms with E-state index in [0.29, 0.717) is 6.54 Å². The number of hydrogen-bond acceptors (Lipinski definition) is 4. The molecule has 1 atom stereocenters. The van der Waals surface area contributed by atoms with Crippen LogP contribution in [0.5, 0.6) is 5.75 Å². The number of carbonyl (C=O) groups excluding carboxylic acids is 1. The molecule has 0 radical (unpaired) electrons. The lowest BCUT2D eigenvalue weighted by Gasteiger charge is -2.38. The maximum atomic E-state index is 13.6. The molecular formula is C20H27FN4O2. The molecule has 1 N–H and O–H groups in total. The predicted octanol–water partition coefficient (Wildman–Crippen LogP) is 1.65. The van der Waals surface area contributed by atoms with Crippen molar-refractivity contribution >= 4 is 5.91 Å². The van der Waals surface area contributed by atoms with Gasteiger partial charge in [-0.2, -0.15) is 0 Å². The second-order valence-corrected chi connectivity index (χ2v) is 6.92. The van der Waals surface area contributed by atoms with Gasteiger partial charge in [0.05, 0.1) is 6.04 Å². The first kappa shape index (κ1) is 19.4. The van der Waals surface area contributed by atoms with E-state index < -0.39 is 5.82 Å². The molecule has 27 heavy (non-hydrogen) atoms. The third kappa shape index (κ3) is 5.08. The lowest BCUT2D eigenvalue weighted by atomic mass is 10.1. The molecule has 146 valence electrons. The third-order valence-electron chi connectivity index (χ3n) is 4.99. The Balaban J connectivity index is 1.58. The van der Waals surface area contributed by atoms with Crippen molar-refractivity contribution in [1.82, 2.24) is 19.7 Å². The van der Waals surface area contributed by atoms with E-state index in [0.717, 1.165) is 31.9 Å². The van der Waals surface area contributed by atoms with Gasteiger partial charge in [0, 0.05) is 51.7 Å². The van der Waals surface area contributed by atoms with E-state index in [4.69, 9.17) is 4.74 Å². The summed E-state index contributed by atoms with van der Waals surface area (Å²) >= 11 is 0. The Kier molecular flexibility index (Phi) is 6.47. The van der Waals surface area contributed by atoms with Crippen molar-refractivity contribution < 1.29 is 13.9 Å². The van der Waals surface area contributed by atoms with Crippen molar-refractivity contribution in [2.24, 2.45) is 7.05 Å². The lowest BCUT2D eigenvalue weighted by molar-refractivity contribution is -0.123. The highest BCUT2D eigenvalue weighted by Crippen LogP contribution is 2.22. The Labute approximate surface area is 159 Å². The summed E-state index contributed by atoms with van der Waals surface area (Å²) in [6.07, 6.45) is 2.02. The van der Waals surface area contributed by atoms with Crippen molar-refractivity contribution in [1.29, 1.82) is 0 Å². The van der Waals surface area contributed by atoms with Crippen LogP contribution in [0.4, 0.5) is 4.39 Å². The number of amides is 1. The molecule has 2 heterocycles. The molecule has 1 aromatic heterocycles. The van der Waals surface area contributed by atoms with Crippen LogP contribution in [0.3, 0.4) is 0 Å². The summed E-state index contributed by atoms with van der Waals surface area (Å²) in [6.45, 7) is 4.20. The van der Waals surface area contributed by atoms with E-state index in [1.165, 1.54) is 12.1 Å². The first-order chi connectivity index (χ1) is 13.0. The molecule has 1 fully saturated rings. The monoisotopic (exact) mass is 374 g/mol. The molecule has 1 unspecified atom stereocenters. The molecule has 1 saturated heterocycles. The number of aryl methyl sites for hydroxylation is 1. The van der Waals surface area contributed by atoms with Gasteiger partial charge in [0.15, 0.2) is 18.2 Å². The maximum absolute atomic E-state index is 13.6. The molecule has 0 saturated carbocycles. The zero-order valence-corrected chi connectivity index (χ0v) is 15.9. The van der Waals surface area contributed by atoms with E-state index in [-0.39, 0.29) is 24.3 Å². The topological polar surface area (TPSA) is 49.7 Å². The molecule has 0 bridgehead atoms. The second kappa shape index (κ2) is 9.01.